The van der Waals surface area contributed by atoms with Crippen molar-refractivity contribution < 1.29 is 13.9 Å². The van der Waals surface area contributed by atoms with E-state index in [9.17, 15) is 14.4 Å². The number of nitrogens with one attached hydrogen (secondary N) is 1. The van der Waals surface area contributed by atoms with Crippen molar-refractivity contribution in [3.05, 3.63) is 86.8 Å². The van der Waals surface area contributed by atoms with Gasteiger partial charge in [-0.2, -0.15) is 0 Å². The predicted molar refractivity (Wildman–Crippen MR) is 121 cm³/mol. The fourth-order valence-corrected chi connectivity index (χ4v) is 3.56. The maximum Gasteiger partial charge on any atom is 0.330 e. The molecule has 32 heavy (non-hydrogen) atoms. The van der Waals surface area contributed by atoms with Crippen LogP contribution in [0, 0.1) is 0 Å². The van der Waals surface area contributed by atoms with Gasteiger partial charge in [-0.05, 0) is 17.7 Å². The van der Waals surface area contributed by atoms with E-state index in [2.05, 4.69) is 4.98 Å². The standard InChI is InChI=1S/C23H22N4O5/c1-26(19(28)10-15-13-32-18-11-16(31-2)8-9-17(15)18)20-21(24)27(23(30)25-22(20)29)12-14-6-4-3-5-7-14/h3-9,11,13H,10,12,24H2,1-2H3,(H,25,29,30). The largest absolute Gasteiger partial charge is 0.497 e. The van der Waals surface area contributed by atoms with Crippen molar-refractivity contribution >= 4 is 28.4 Å². The minimum absolute atomic E-state index is 0.0213. The van der Waals surface area contributed by atoms with Crippen LogP contribution < -0.4 is 26.6 Å². The molecule has 2 heterocycles. The molecular formula is C23H22N4O5. The Morgan fingerprint density at radius 3 is 2.66 bits per heavy atom. The van der Waals surface area contributed by atoms with Crippen LogP contribution in [0.5, 0.6) is 5.75 Å². The number of furan rings is 1. The molecule has 164 valence electrons. The molecule has 2 aromatic carbocycles. The van der Waals surface area contributed by atoms with Gasteiger partial charge in [-0.1, -0.05) is 30.3 Å². The number of benzene rings is 2. The number of aromatic nitrogens is 2. The number of nitrogen functional groups attached to an aromatic ring is 1. The highest BCUT2D eigenvalue weighted by atomic mass is 16.5. The van der Waals surface area contributed by atoms with Gasteiger partial charge in [0.15, 0.2) is 5.69 Å². The van der Waals surface area contributed by atoms with Crippen molar-refractivity contribution in [2.24, 2.45) is 0 Å². The number of H-pyrrole nitrogens is 1. The molecule has 9 nitrogen and oxygen atoms in total. The van der Waals surface area contributed by atoms with Crippen molar-refractivity contribution in [2.45, 2.75) is 13.0 Å². The van der Waals surface area contributed by atoms with Gasteiger partial charge in [0.1, 0.15) is 17.2 Å². The second kappa shape index (κ2) is 8.46. The van der Waals surface area contributed by atoms with Gasteiger partial charge in [-0.15, -0.1) is 0 Å². The predicted octanol–water partition coefficient (Wildman–Crippen LogP) is 2.13. The molecule has 0 saturated carbocycles. The number of carbonyl (C=O) groups is 1. The highest BCUT2D eigenvalue weighted by molar-refractivity contribution is 5.98. The van der Waals surface area contributed by atoms with Crippen LogP contribution in [0.2, 0.25) is 0 Å². The SMILES string of the molecule is COc1ccc2c(CC(=O)N(C)c3c(N)n(Cc4ccccc4)c(=O)[nH]c3=O)coc2c1. The molecule has 4 rings (SSSR count). The average Bonchev–Trinajstić information content (AvgIpc) is 3.18. The van der Waals surface area contributed by atoms with Crippen LogP contribution in [0.15, 0.2) is 68.8 Å². The summed E-state index contributed by atoms with van der Waals surface area (Å²) in [6.45, 7) is 0.158. The minimum atomic E-state index is -0.727. The summed E-state index contributed by atoms with van der Waals surface area (Å²) in [6, 6.07) is 14.5. The maximum atomic E-state index is 13.0. The number of hydrogen-bond acceptors (Lipinski definition) is 6. The fourth-order valence-electron chi connectivity index (χ4n) is 3.56. The Bertz CT molecular complexity index is 1400. The molecule has 9 heteroatoms. The van der Waals surface area contributed by atoms with Crippen LogP contribution in [-0.2, 0) is 17.8 Å². The first kappa shape index (κ1) is 21.0. The van der Waals surface area contributed by atoms with E-state index in [-0.39, 0.29) is 30.4 Å². The van der Waals surface area contributed by atoms with Crippen molar-refractivity contribution in [2.75, 3.05) is 24.8 Å². The summed E-state index contributed by atoms with van der Waals surface area (Å²) in [5, 5.41) is 0.767. The number of amides is 1. The van der Waals surface area contributed by atoms with Gasteiger partial charge in [-0.25, -0.2) is 4.79 Å². The first-order chi connectivity index (χ1) is 15.4. The van der Waals surface area contributed by atoms with E-state index in [1.165, 1.54) is 17.9 Å². The van der Waals surface area contributed by atoms with Crippen molar-refractivity contribution in [1.82, 2.24) is 9.55 Å². The van der Waals surface area contributed by atoms with Gasteiger partial charge in [0.05, 0.1) is 26.3 Å². The monoisotopic (exact) mass is 434 g/mol. The third-order valence-electron chi connectivity index (χ3n) is 5.31. The molecule has 0 aliphatic carbocycles. The van der Waals surface area contributed by atoms with Gasteiger partial charge in [0.25, 0.3) is 5.56 Å². The number of nitrogens with zero attached hydrogens (tertiary/aromatic N) is 2. The number of aromatic amines is 1. The van der Waals surface area contributed by atoms with Gasteiger partial charge >= 0.3 is 5.69 Å². The summed E-state index contributed by atoms with van der Waals surface area (Å²) in [5.74, 6) is 0.174. The van der Waals surface area contributed by atoms with E-state index in [4.69, 9.17) is 14.9 Å². The summed E-state index contributed by atoms with van der Waals surface area (Å²) in [4.78, 5) is 41.3. The highest BCUT2D eigenvalue weighted by Crippen LogP contribution is 2.27. The molecule has 0 aliphatic heterocycles. The Kier molecular flexibility index (Phi) is 5.55. The molecule has 3 N–H and O–H groups in total. The number of rotatable bonds is 6. The summed E-state index contributed by atoms with van der Waals surface area (Å²) in [7, 11) is 3.01. The minimum Gasteiger partial charge on any atom is -0.497 e. The third kappa shape index (κ3) is 3.87. The zero-order valence-electron chi connectivity index (χ0n) is 17.6. The van der Waals surface area contributed by atoms with Crippen LogP contribution in [0.1, 0.15) is 11.1 Å². The number of anilines is 2. The lowest BCUT2D eigenvalue weighted by Crippen LogP contribution is -2.39. The number of nitrogens with two attached hydrogens (primary N) is 1. The molecule has 0 spiro atoms. The zero-order valence-corrected chi connectivity index (χ0v) is 17.6. The highest BCUT2D eigenvalue weighted by Gasteiger charge is 2.22. The molecule has 0 radical (unpaired) electrons. The number of fused-ring (bicyclic) bond motifs is 1. The molecule has 0 bridgehead atoms. The number of likely N-dealkylation sites (N-methyl/N-ethyl adjacent to an activating group) is 1. The van der Waals surface area contributed by atoms with Gasteiger partial charge in [-0.3, -0.25) is 19.1 Å². The van der Waals surface area contributed by atoms with E-state index in [0.717, 1.165) is 15.8 Å². The van der Waals surface area contributed by atoms with Crippen LogP contribution in [0.25, 0.3) is 11.0 Å². The first-order valence-electron chi connectivity index (χ1n) is 9.86. The van der Waals surface area contributed by atoms with Crippen LogP contribution >= 0.6 is 0 Å². The van der Waals surface area contributed by atoms with E-state index < -0.39 is 11.2 Å². The molecule has 4 aromatic rings. The van der Waals surface area contributed by atoms with Crippen molar-refractivity contribution in [1.29, 1.82) is 0 Å². The van der Waals surface area contributed by atoms with Gasteiger partial charge in [0, 0.05) is 24.1 Å². The van der Waals surface area contributed by atoms with Crippen LogP contribution in [0.4, 0.5) is 11.5 Å². The van der Waals surface area contributed by atoms with E-state index >= 15 is 0 Å². The summed E-state index contributed by atoms with van der Waals surface area (Å²) in [6.07, 6.45) is 1.48. The van der Waals surface area contributed by atoms with E-state index in [1.807, 2.05) is 36.4 Å². The summed E-state index contributed by atoms with van der Waals surface area (Å²) in [5.41, 5.74) is 6.80. The van der Waals surface area contributed by atoms with Crippen molar-refractivity contribution in [3.63, 3.8) is 0 Å². The summed E-state index contributed by atoms with van der Waals surface area (Å²) >= 11 is 0. The molecule has 0 aliphatic rings. The average molecular weight is 434 g/mol. The molecule has 0 unspecified atom stereocenters. The molecule has 0 saturated heterocycles. The quantitative estimate of drug-likeness (QED) is 0.479. The first-order valence-corrected chi connectivity index (χ1v) is 9.86. The molecule has 1 amide bonds. The lowest BCUT2D eigenvalue weighted by molar-refractivity contribution is -0.117. The maximum absolute atomic E-state index is 13.0. The zero-order chi connectivity index (χ0) is 22.8. The van der Waals surface area contributed by atoms with Gasteiger partial charge in [0.2, 0.25) is 5.91 Å². The van der Waals surface area contributed by atoms with Crippen LogP contribution in [0.3, 0.4) is 0 Å². The smallest absolute Gasteiger partial charge is 0.330 e. The van der Waals surface area contributed by atoms with Gasteiger partial charge < -0.3 is 19.8 Å². The van der Waals surface area contributed by atoms with Crippen LogP contribution in [-0.4, -0.2) is 29.6 Å². The van der Waals surface area contributed by atoms with Crippen molar-refractivity contribution in [3.8, 4) is 5.75 Å². The molecular weight excluding hydrogens is 412 g/mol. The number of carbonyl (C=O) groups excluding carboxylic acids is 1. The Morgan fingerprint density at radius 2 is 1.94 bits per heavy atom. The number of ether oxygens (including phenoxy) is 1. The lowest BCUT2D eigenvalue weighted by atomic mass is 10.1. The Morgan fingerprint density at radius 1 is 1.19 bits per heavy atom. The lowest BCUT2D eigenvalue weighted by Gasteiger charge is -2.20. The second-order valence-corrected chi connectivity index (χ2v) is 7.32. The Hall–Kier alpha value is -4.27. The number of methoxy groups -OCH3 is 1. The van der Waals surface area contributed by atoms with E-state index in [1.54, 1.807) is 19.2 Å². The van der Waals surface area contributed by atoms with E-state index in [0.29, 0.717) is 16.9 Å². The fraction of sp³-hybridized carbons (Fsp3) is 0.174. The topological polar surface area (TPSA) is 124 Å². The second-order valence-electron chi connectivity index (χ2n) is 7.32. The Balaban J connectivity index is 1.64. The summed E-state index contributed by atoms with van der Waals surface area (Å²) < 4.78 is 12.0. The molecule has 0 fully saturated rings. The Labute approximate surface area is 182 Å². The molecule has 0 atom stereocenters. The normalized spacial score (nSPS) is 10.9. The third-order valence-corrected chi connectivity index (χ3v) is 5.31. The number of hydrogen-bond donors (Lipinski definition) is 2. The molecule has 2 aromatic heterocycles.